The maximum atomic E-state index is 13.6. The number of phenolic OH excluding ortho intramolecular Hbond substituents is 2. The summed E-state index contributed by atoms with van der Waals surface area (Å²) in [5.41, 5.74) is 14.8. The highest BCUT2D eigenvalue weighted by atomic mass is 16.6. The standard InChI is InChI=1S/C27H43N3O4.C22H35N3O2.C17H32N2O3.C12H24N2O.C12H26N2.C7H15N.6CH4/c1-17(2)23(16-29-13-18(3)10-19(4)14-29)28-25(32)24-12-20-8-9-22(31)11-21(20)15-30(24)26(33)34-27(5,6)7;1-14(2)21(13-25-11-15(3)7-16(4)12-25)24-22(27)20-9-17-5-6-19(26)8-18(17)10-23-20;1-11(2)14(18-16(21)22-17(5,6)7)15(20)19-9-12(3)8-13(4)10-19;1-8(2)11(13)12(15)14-6-9(3)5-10(4)7-14;1-9(2)12(13)8-14-6-10(3)5-11(4)7-14;1-6-3-7(2)5-8-4-6;;;;;;/h8-9,11,17-19,23-24,31H,10,12-16H2,1-7H3,(H,28,32);5-6,8,14-16,20-21,23,26H,7,9-13H2,1-4H3,(H,24,27);11-14H,8-10H2,1-7H3,(H,18,21);8-11H,5-7,13H2,1-4H3;9-12H,5-8,13H2,1-4H3;6-8H,3-5H2,1-2H3;6*1H4/t18?,19?,23-,24-;15?,16?,20-,21-;12?,13?,14-;9?,10?,11-;10?,11?,12-;;;;;;;/m11001......./s1. The van der Waals surface area contributed by atoms with Gasteiger partial charge in [0.25, 0.3) is 0 Å². The van der Waals surface area contributed by atoms with Crippen LogP contribution in [0.3, 0.4) is 0 Å². The molecule has 8 heterocycles. The first-order chi connectivity index (χ1) is 55.8. The summed E-state index contributed by atoms with van der Waals surface area (Å²) in [6.07, 6.45) is 7.73. The summed E-state index contributed by atoms with van der Waals surface area (Å²) in [4.78, 5) is 89.3. The number of nitrogens with zero attached hydrogens (tertiary/aromatic N) is 6. The molecule has 0 aromatic heterocycles. The van der Waals surface area contributed by atoms with Crippen molar-refractivity contribution in [3.63, 3.8) is 0 Å². The van der Waals surface area contributed by atoms with Crippen molar-refractivity contribution in [2.24, 2.45) is 112 Å². The number of carbonyl (C=O) groups is 6. The zero-order chi connectivity index (χ0) is 90.1. The van der Waals surface area contributed by atoms with E-state index in [0.717, 1.165) is 136 Å². The SMILES string of the molecule is C.C.C.C.C.C.CC1CC(C)CN(C(=O)[C@@H](N)C(C)C)C1.CC1CC(C)CN(C(=O)[C@@H](NC(=O)OC(C)(C)C)C(C)C)C1.CC1CC(C)CN(C[C@@H](N)C(C)C)C1.CC1CC(C)CN(C[C@@H](NC(=O)[C@H]2Cc3ccc(O)cc3CN2)C(C)C)C1.CC1CC(C)CN(C[C@@H](NC(=O)[C@H]2Cc3ccc(O)cc3CN2C(=O)OC(C)(C)C)C(C)C)C1.CC1CNCC(C)C1. The Hall–Kier alpha value is -5.82. The molecule has 0 saturated carbocycles. The fourth-order valence-corrected chi connectivity index (χ4v) is 19.1. The number of rotatable bonds is 18. The Morgan fingerprint density at radius 3 is 1.14 bits per heavy atom. The quantitative estimate of drug-likeness (QED) is 0.0670. The maximum Gasteiger partial charge on any atom is 0.411 e. The van der Waals surface area contributed by atoms with E-state index in [4.69, 9.17) is 20.9 Å². The van der Waals surface area contributed by atoms with Gasteiger partial charge in [0.1, 0.15) is 34.8 Å². The van der Waals surface area contributed by atoms with Crippen LogP contribution in [0.4, 0.5) is 9.59 Å². The van der Waals surface area contributed by atoms with E-state index < -0.39 is 35.5 Å². The molecule has 23 nitrogen and oxygen atoms in total. The molecule has 23 heteroatoms. The van der Waals surface area contributed by atoms with Gasteiger partial charge in [0.15, 0.2) is 0 Å². The first-order valence-corrected chi connectivity index (χ1v) is 46.7. The van der Waals surface area contributed by atoms with Crippen molar-refractivity contribution in [1.82, 2.24) is 56.0 Å². The lowest BCUT2D eigenvalue weighted by Crippen LogP contribution is -2.57. The molecule has 2 aromatic rings. The van der Waals surface area contributed by atoms with Crippen molar-refractivity contribution >= 4 is 35.8 Å². The third-order valence-corrected chi connectivity index (χ3v) is 24.8. The molecule has 2 aromatic carbocycles. The molecule has 6 amide bonds. The van der Waals surface area contributed by atoms with Gasteiger partial charge < -0.3 is 82.2 Å². The number of ether oxygens (including phenoxy) is 2. The third kappa shape index (κ3) is 43.5. The average Bonchev–Trinajstić information content (AvgIpc) is 0.783. The van der Waals surface area contributed by atoms with Gasteiger partial charge in [-0.05, 0) is 247 Å². The third-order valence-electron chi connectivity index (χ3n) is 24.8. The summed E-state index contributed by atoms with van der Waals surface area (Å²) >= 11 is 0. The second-order valence-electron chi connectivity index (χ2n) is 43.1. The van der Waals surface area contributed by atoms with Gasteiger partial charge in [0, 0.05) is 116 Å². The Kier molecular flexibility index (Phi) is 55.8. The molecule has 0 spiro atoms. The van der Waals surface area contributed by atoms with Crippen molar-refractivity contribution in [2.45, 2.75) is 356 Å². The number of hydrogen-bond acceptors (Lipinski definition) is 17. The van der Waals surface area contributed by atoms with Gasteiger partial charge >= 0.3 is 12.2 Å². The number of phenols is 2. The molecular formula is C103H199N13O10. The van der Waals surface area contributed by atoms with Crippen LogP contribution in [0.2, 0.25) is 0 Å². The molecule has 0 bridgehead atoms. The van der Waals surface area contributed by atoms with E-state index in [2.05, 4.69) is 166 Å². The predicted octanol–water partition coefficient (Wildman–Crippen LogP) is 18.2. The number of fused-ring (bicyclic) bond motifs is 2. The molecule has 8 aliphatic heterocycles. The number of benzene rings is 2. The highest BCUT2D eigenvalue weighted by Crippen LogP contribution is 2.32. The van der Waals surface area contributed by atoms with Crippen molar-refractivity contribution in [3.8, 4) is 11.5 Å². The second kappa shape index (κ2) is 57.5. The van der Waals surface area contributed by atoms with Gasteiger partial charge in [-0.2, -0.15) is 0 Å². The Bertz CT molecular complexity index is 3380. The number of alkyl carbamates (subject to hydrolysis) is 1. The van der Waals surface area contributed by atoms with E-state index in [1.807, 2.05) is 91.2 Å². The van der Waals surface area contributed by atoms with E-state index in [1.165, 1.54) is 63.2 Å². The Labute approximate surface area is 772 Å². The minimum absolute atomic E-state index is 0. The fourth-order valence-electron chi connectivity index (χ4n) is 19.1. The number of hydrogen-bond donors (Lipinski definition) is 9. The van der Waals surface area contributed by atoms with Crippen LogP contribution in [0.25, 0.3) is 0 Å². The van der Waals surface area contributed by atoms with E-state index in [-0.39, 0.29) is 128 Å². The summed E-state index contributed by atoms with van der Waals surface area (Å²) in [5.74, 6) is 10.5. The lowest BCUT2D eigenvalue weighted by atomic mass is 9.90. The first-order valence-electron chi connectivity index (χ1n) is 46.7. The number of amides is 6. The Morgan fingerprint density at radius 1 is 0.429 bits per heavy atom. The molecule has 10 rings (SSSR count). The van der Waals surface area contributed by atoms with Gasteiger partial charge in [-0.25, -0.2) is 9.59 Å². The van der Waals surface area contributed by atoms with Crippen molar-refractivity contribution < 1.29 is 48.5 Å². The van der Waals surface area contributed by atoms with Crippen LogP contribution in [0.15, 0.2) is 36.4 Å². The molecule has 19 atom stereocenters. The molecule has 0 radical (unpaired) electrons. The average molecular weight is 1780 g/mol. The molecule has 11 N–H and O–H groups in total. The first kappa shape index (κ1) is 122. The van der Waals surface area contributed by atoms with Crippen LogP contribution in [-0.2, 0) is 54.6 Å². The van der Waals surface area contributed by atoms with Crippen molar-refractivity contribution in [2.75, 3.05) is 98.2 Å². The number of nitrogens with two attached hydrogens (primary N) is 2. The molecule has 736 valence electrons. The van der Waals surface area contributed by atoms with Crippen molar-refractivity contribution in [1.29, 1.82) is 0 Å². The topological polar surface area (TPSA) is 293 Å². The maximum absolute atomic E-state index is 13.6. The van der Waals surface area contributed by atoms with Gasteiger partial charge in [0.2, 0.25) is 23.6 Å². The lowest BCUT2D eigenvalue weighted by molar-refractivity contribution is -0.137. The van der Waals surface area contributed by atoms with Gasteiger partial charge in [0.05, 0.1) is 18.6 Å². The molecule has 12 unspecified atom stereocenters. The Balaban J connectivity index is 0. The van der Waals surface area contributed by atoms with E-state index in [1.54, 1.807) is 24.3 Å². The molecular weight excluding hydrogens is 1580 g/mol. The summed E-state index contributed by atoms with van der Waals surface area (Å²) in [6, 6.07) is 9.32. The summed E-state index contributed by atoms with van der Waals surface area (Å²) in [5, 5.41) is 35.6. The summed E-state index contributed by atoms with van der Waals surface area (Å²) in [7, 11) is 0. The smallest absolute Gasteiger partial charge is 0.411 e. The van der Waals surface area contributed by atoms with E-state index >= 15 is 0 Å². The molecule has 6 fully saturated rings. The highest BCUT2D eigenvalue weighted by Gasteiger charge is 2.41. The number of likely N-dealkylation sites (tertiary alicyclic amines) is 5. The van der Waals surface area contributed by atoms with E-state index in [0.29, 0.717) is 72.8 Å². The number of piperidine rings is 6. The molecule has 6 saturated heterocycles. The molecule has 0 aliphatic carbocycles. The van der Waals surface area contributed by atoms with Gasteiger partial charge in [-0.15, -0.1) is 0 Å². The summed E-state index contributed by atoms with van der Waals surface area (Å²) < 4.78 is 10.9. The van der Waals surface area contributed by atoms with Crippen LogP contribution in [-0.4, -0.2) is 227 Å². The van der Waals surface area contributed by atoms with Gasteiger partial charge in [-0.3, -0.25) is 24.1 Å². The zero-order valence-electron chi connectivity index (χ0n) is 80.5. The van der Waals surface area contributed by atoms with Crippen LogP contribution in [0.1, 0.15) is 299 Å². The van der Waals surface area contributed by atoms with Crippen LogP contribution < -0.4 is 38.1 Å². The zero-order valence-corrected chi connectivity index (χ0v) is 80.5. The number of carbonyl (C=O) groups excluding carboxylic acids is 6. The monoisotopic (exact) mass is 1780 g/mol. The summed E-state index contributed by atoms with van der Waals surface area (Å²) in [6.45, 7) is 75.4. The second-order valence-corrected chi connectivity index (χ2v) is 43.1. The molecule has 8 aliphatic rings. The Morgan fingerprint density at radius 2 is 0.786 bits per heavy atom. The largest absolute Gasteiger partial charge is 0.508 e. The number of aromatic hydroxyl groups is 2. The minimum atomic E-state index is -0.667. The van der Waals surface area contributed by atoms with Crippen LogP contribution in [0, 0.1) is 101 Å². The van der Waals surface area contributed by atoms with Crippen molar-refractivity contribution in [3.05, 3.63) is 58.7 Å². The number of nitrogens with one attached hydrogen (secondary N) is 5. The fraction of sp³-hybridized carbons (Fsp3) is 0.825. The minimum Gasteiger partial charge on any atom is -0.508 e. The lowest BCUT2D eigenvalue weighted by Gasteiger charge is -2.40. The normalized spacial score (nSPS) is 26.2. The molecule has 126 heavy (non-hydrogen) atoms. The predicted molar refractivity (Wildman–Crippen MR) is 530 cm³/mol. The van der Waals surface area contributed by atoms with Crippen LogP contribution in [0.5, 0.6) is 11.5 Å². The van der Waals surface area contributed by atoms with Crippen LogP contribution >= 0.6 is 0 Å². The van der Waals surface area contributed by atoms with Gasteiger partial charge in [-0.1, -0.05) is 209 Å². The van der Waals surface area contributed by atoms with E-state index in [9.17, 15) is 39.0 Å². The highest BCUT2D eigenvalue weighted by molar-refractivity contribution is 5.88.